The molecular formula is C12H13NO3. The molecule has 0 bridgehead atoms. The number of hydrogen-bond donors (Lipinski definition) is 1. The van der Waals surface area contributed by atoms with Crippen molar-refractivity contribution in [2.24, 2.45) is 5.73 Å². The van der Waals surface area contributed by atoms with E-state index >= 15 is 0 Å². The largest absolute Gasteiger partial charge is 0.492 e. The van der Waals surface area contributed by atoms with Gasteiger partial charge in [-0.1, -0.05) is 0 Å². The van der Waals surface area contributed by atoms with Gasteiger partial charge in [0.25, 0.3) is 0 Å². The summed E-state index contributed by atoms with van der Waals surface area (Å²) >= 11 is 0. The Morgan fingerprint density at radius 3 is 2.94 bits per heavy atom. The summed E-state index contributed by atoms with van der Waals surface area (Å²) in [7, 11) is 0. The second-order valence-corrected chi connectivity index (χ2v) is 3.50. The minimum Gasteiger partial charge on any atom is -0.492 e. The third-order valence-corrected chi connectivity index (χ3v) is 2.23. The summed E-state index contributed by atoms with van der Waals surface area (Å²) < 4.78 is 10.8. The van der Waals surface area contributed by atoms with Gasteiger partial charge >= 0.3 is 0 Å². The molecule has 0 unspecified atom stereocenters. The maximum atomic E-state index is 11.1. The molecule has 0 fully saturated rings. The van der Waals surface area contributed by atoms with E-state index in [1.54, 1.807) is 12.1 Å². The summed E-state index contributed by atoms with van der Waals surface area (Å²) in [6, 6.07) is 7.18. The van der Waals surface area contributed by atoms with Crippen molar-refractivity contribution in [2.75, 3.05) is 13.2 Å². The quantitative estimate of drug-likeness (QED) is 0.798. The monoisotopic (exact) mass is 219 g/mol. The average Bonchev–Trinajstić information content (AvgIpc) is 2.69. The molecule has 84 valence electrons. The molecule has 0 atom stereocenters. The summed E-state index contributed by atoms with van der Waals surface area (Å²) in [5, 5.41) is 0.894. The predicted molar refractivity (Wildman–Crippen MR) is 60.8 cm³/mol. The maximum absolute atomic E-state index is 11.1. The molecule has 4 nitrogen and oxygen atoms in total. The Morgan fingerprint density at radius 2 is 2.25 bits per heavy atom. The summed E-state index contributed by atoms with van der Waals surface area (Å²) in [4.78, 5) is 11.1. The average molecular weight is 219 g/mol. The van der Waals surface area contributed by atoms with E-state index in [0.29, 0.717) is 30.2 Å². The van der Waals surface area contributed by atoms with Gasteiger partial charge in [-0.2, -0.15) is 0 Å². The summed E-state index contributed by atoms with van der Waals surface area (Å²) in [5.74, 6) is 0.981. The zero-order valence-corrected chi connectivity index (χ0v) is 9.03. The smallest absolute Gasteiger partial charge is 0.194 e. The fourth-order valence-corrected chi connectivity index (χ4v) is 1.45. The van der Waals surface area contributed by atoms with E-state index < -0.39 is 0 Å². The minimum absolute atomic E-state index is 0.0828. The fourth-order valence-electron chi connectivity index (χ4n) is 1.45. The van der Waals surface area contributed by atoms with E-state index in [1.165, 1.54) is 6.92 Å². The SMILES string of the molecule is CC(=O)c1cc2ccc(OCCN)cc2o1. The molecule has 16 heavy (non-hydrogen) atoms. The van der Waals surface area contributed by atoms with Crippen molar-refractivity contribution in [1.82, 2.24) is 0 Å². The van der Waals surface area contributed by atoms with Gasteiger partial charge in [-0.25, -0.2) is 0 Å². The van der Waals surface area contributed by atoms with Crippen LogP contribution in [-0.2, 0) is 0 Å². The second kappa shape index (κ2) is 4.37. The minimum atomic E-state index is -0.0828. The molecule has 1 heterocycles. The second-order valence-electron chi connectivity index (χ2n) is 3.50. The molecule has 2 rings (SSSR count). The highest BCUT2D eigenvalue weighted by Crippen LogP contribution is 2.24. The van der Waals surface area contributed by atoms with Crippen LogP contribution in [0.1, 0.15) is 17.5 Å². The molecule has 0 saturated heterocycles. The van der Waals surface area contributed by atoms with Crippen molar-refractivity contribution in [1.29, 1.82) is 0 Å². The topological polar surface area (TPSA) is 65.5 Å². The number of fused-ring (bicyclic) bond motifs is 1. The van der Waals surface area contributed by atoms with Crippen molar-refractivity contribution >= 4 is 16.8 Å². The Labute approximate surface area is 93.0 Å². The number of carbonyl (C=O) groups excluding carboxylic acids is 1. The maximum Gasteiger partial charge on any atom is 0.194 e. The first kappa shape index (κ1) is 10.7. The van der Waals surface area contributed by atoms with Crippen LogP contribution in [0, 0.1) is 0 Å². The highest BCUT2D eigenvalue weighted by Gasteiger charge is 2.08. The first-order valence-electron chi connectivity index (χ1n) is 5.08. The molecule has 1 aromatic heterocycles. The van der Waals surface area contributed by atoms with Gasteiger partial charge in [-0.05, 0) is 18.2 Å². The van der Waals surface area contributed by atoms with Gasteiger partial charge in [0.1, 0.15) is 17.9 Å². The van der Waals surface area contributed by atoms with Gasteiger partial charge in [0.15, 0.2) is 11.5 Å². The lowest BCUT2D eigenvalue weighted by Crippen LogP contribution is -2.10. The first-order valence-corrected chi connectivity index (χ1v) is 5.08. The molecule has 4 heteroatoms. The fraction of sp³-hybridized carbons (Fsp3) is 0.250. The van der Waals surface area contributed by atoms with Crippen molar-refractivity contribution in [3.05, 3.63) is 30.0 Å². The van der Waals surface area contributed by atoms with Crippen LogP contribution in [0.3, 0.4) is 0 Å². The predicted octanol–water partition coefficient (Wildman–Crippen LogP) is 1.97. The number of ketones is 1. The number of rotatable bonds is 4. The summed E-state index contributed by atoms with van der Waals surface area (Å²) in [5.41, 5.74) is 5.99. The summed E-state index contributed by atoms with van der Waals surface area (Å²) in [6.07, 6.45) is 0. The van der Waals surface area contributed by atoms with Gasteiger partial charge in [-0.3, -0.25) is 4.79 Å². The van der Waals surface area contributed by atoms with Gasteiger partial charge in [0.2, 0.25) is 0 Å². The van der Waals surface area contributed by atoms with Crippen LogP contribution in [0.4, 0.5) is 0 Å². The molecule has 0 saturated carbocycles. The van der Waals surface area contributed by atoms with E-state index in [-0.39, 0.29) is 5.78 Å². The zero-order valence-electron chi connectivity index (χ0n) is 9.03. The van der Waals surface area contributed by atoms with E-state index in [2.05, 4.69) is 0 Å². The van der Waals surface area contributed by atoms with E-state index in [0.717, 1.165) is 5.39 Å². The lowest BCUT2D eigenvalue weighted by Gasteiger charge is -2.02. The molecule has 2 aromatic rings. The van der Waals surface area contributed by atoms with Crippen molar-refractivity contribution in [3.8, 4) is 5.75 Å². The molecular weight excluding hydrogens is 206 g/mol. The van der Waals surface area contributed by atoms with Crippen molar-refractivity contribution < 1.29 is 13.9 Å². The van der Waals surface area contributed by atoms with Crippen LogP contribution in [0.5, 0.6) is 5.75 Å². The van der Waals surface area contributed by atoms with Crippen LogP contribution in [0.2, 0.25) is 0 Å². The summed E-state index contributed by atoms with van der Waals surface area (Å²) in [6.45, 7) is 2.41. The van der Waals surface area contributed by atoms with Gasteiger partial charge in [0, 0.05) is 24.9 Å². The molecule has 0 aliphatic rings. The number of hydrogen-bond acceptors (Lipinski definition) is 4. The third kappa shape index (κ3) is 2.06. The van der Waals surface area contributed by atoms with Crippen LogP contribution in [0.25, 0.3) is 11.0 Å². The highest BCUT2D eigenvalue weighted by molar-refractivity contribution is 5.96. The number of benzene rings is 1. The third-order valence-electron chi connectivity index (χ3n) is 2.23. The molecule has 0 aliphatic heterocycles. The molecule has 0 aliphatic carbocycles. The Balaban J connectivity index is 2.34. The van der Waals surface area contributed by atoms with Crippen LogP contribution in [-0.4, -0.2) is 18.9 Å². The zero-order chi connectivity index (χ0) is 11.5. The number of furan rings is 1. The number of Topliss-reactive ketones (excluding diaryl/α,β-unsaturated/α-hetero) is 1. The normalized spacial score (nSPS) is 10.6. The Hall–Kier alpha value is -1.81. The van der Waals surface area contributed by atoms with Gasteiger partial charge in [0.05, 0.1) is 0 Å². The highest BCUT2D eigenvalue weighted by atomic mass is 16.5. The van der Waals surface area contributed by atoms with Crippen molar-refractivity contribution in [3.63, 3.8) is 0 Å². The Kier molecular flexibility index (Phi) is 2.92. The van der Waals surface area contributed by atoms with E-state index in [9.17, 15) is 4.79 Å². The molecule has 1 aromatic carbocycles. The van der Waals surface area contributed by atoms with E-state index in [4.69, 9.17) is 14.9 Å². The molecule has 0 radical (unpaired) electrons. The van der Waals surface area contributed by atoms with Crippen LogP contribution < -0.4 is 10.5 Å². The Bertz CT molecular complexity index is 516. The molecule has 2 N–H and O–H groups in total. The number of ether oxygens (including phenoxy) is 1. The molecule has 0 spiro atoms. The van der Waals surface area contributed by atoms with Crippen LogP contribution in [0.15, 0.2) is 28.7 Å². The first-order chi connectivity index (χ1) is 7.70. The number of carbonyl (C=O) groups is 1. The number of nitrogens with two attached hydrogens (primary N) is 1. The standard InChI is InChI=1S/C12H13NO3/c1-8(14)11-6-9-2-3-10(15-5-4-13)7-12(9)16-11/h2-3,6-7H,4-5,13H2,1H3. The molecule has 0 amide bonds. The van der Waals surface area contributed by atoms with Crippen LogP contribution >= 0.6 is 0 Å². The van der Waals surface area contributed by atoms with Crippen molar-refractivity contribution in [2.45, 2.75) is 6.92 Å². The Morgan fingerprint density at radius 1 is 1.44 bits per heavy atom. The lowest BCUT2D eigenvalue weighted by atomic mass is 10.2. The lowest BCUT2D eigenvalue weighted by molar-refractivity contribution is 0.0989. The van der Waals surface area contributed by atoms with Gasteiger partial charge in [-0.15, -0.1) is 0 Å². The van der Waals surface area contributed by atoms with E-state index in [1.807, 2.05) is 12.1 Å². The van der Waals surface area contributed by atoms with Gasteiger partial charge < -0.3 is 14.9 Å².